The molecule has 1 saturated heterocycles. The summed E-state index contributed by atoms with van der Waals surface area (Å²) in [6.07, 6.45) is 0.741. The smallest absolute Gasteiger partial charge is 0.256 e. The van der Waals surface area contributed by atoms with Crippen molar-refractivity contribution in [1.29, 1.82) is 0 Å². The molecule has 144 valence electrons. The summed E-state index contributed by atoms with van der Waals surface area (Å²) in [5, 5.41) is 0. The number of hydrogen-bond donors (Lipinski definition) is 0. The molecule has 3 atom stereocenters. The van der Waals surface area contributed by atoms with E-state index in [1.165, 1.54) is 5.56 Å². The van der Waals surface area contributed by atoms with Crippen molar-refractivity contribution in [3.05, 3.63) is 71.8 Å². The molecular weight excluding hydrogens is 338 g/mol. The molecule has 4 heteroatoms. The Morgan fingerprint density at radius 2 is 1.81 bits per heavy atom. The van der Waals surface area contributed by atoms with Crippen LogP contribution in [0.2, 0.25) is 0 Å². The molecule has 0 unspecified atom stereocenters. The lowest BCUT2D eigenvalue weighted by molar-refractivity contribution is -0.0766. The molecule has 0 saturated carbocycles. The second kappa shape index (κ2) is 8.68. The highest BCUT2D eigenvalue weighted by molar-refractivity contribution is 5.95. The fourth-order valence-electron chi connectivity index (χ4n) is 3.86. The molecule has 1 fully saturated rings. The Bertz CT molecular complexity index is 734. The van der Waals surface area contributed by atoms with Crippen LogP contribution in [0.4, 0.5) is 0 Å². The van der Waals surface area contributed by atoms with Crippen LogP contribution in [0, 0.1) is 5.92 Å². The van der Waals surface area contributed by atoms with Crippen molar-refractivity contribution >= 4 is 5.91 Å². The number of nitrogens with zero attached hydrogens (tertiary/aromatic N) is 1. The predicted octanol–water partition coefficient (Wildman–Crippen LogP) is 4.51. The quantitative estimate of drug-likeness (QED) is 0.723. The van der Waals surface area contributed by atoms with E-state index in [-0.39, 0.29) is 17.9 Å². The molecule has 1 amide bonds. The Kier molecular flexibility index (Phi) is 6.30. The van der Waals surface area contributed by atoms with Crippen LogP contribution in [-0.2, 0) is 16.1 Å². The van der Waals surface area contributed by atoms with Crippen molar-refractivity contribution in [1.82, 2.24) is 4.90 Å². The van der Waals surface area contributed by atoms with Crippen molar-refractivity contribution in [2.75, 3.05) is 13.2 Å². The Hall–Kier alpha value is -2.17. The molecule has 1 aliphatic heterocycles. The highest BCUT2D eigenvalue weighted by Crippen LogP contribution is 2.34. The van der Waals surface area contributed by atoms with Crippen LogP contribution in [0.1, 0.15) is 43.1 Å². The summed E-state index contributed by atoms with van der Waals surface area (Å²) in [5.74, 6) is 0.301. The van der Waals surface area contributed by atoms with Crippen LogP contribution in [0.5, 0.6) is 0 Å². The standard InChI is InChI=1S/C23H29NO3/c1-18(15-26-17-20-10-6-4-7-11-20)14-23(3)24(19(2)16-27-23)22(25)21-12-8-5-9-13-21/h4-13,18-19H,14-17H2,1-3H3/t18-,19+,23+/m0/s1. The van der Waals surface area contributed by atoms with E-state index in [9.17, 15) is 4.79 Å². The minimum atomic E-state index is -0.609. The summed E-state index contributed by atoms with van der Waals surface area (Å²) in [5.41, 5.74) is 1.26. The normalized spacial score (nSPS) is 23.4. The van der Waals surface area contributed by atoms with Crippen molar-refractivity contribution in [2.45, 2.75) is 45.6 Å². The number of carbonyl (C=O) groups is 1. The number of hydrogen-bond acceptors (Lipinski definition) is 3. The van der Waals surface area contributed by atoms with E-state index < -0.39 is 5.72 Å². The van der Waals surface area contributed by atoms with Gasteiger partial charge in [0.05, 0.1) is 19.3 Å². The van der Waals surface area contributed by atoms with Crippen molar-refractivity contribution in [3.63, 3.8) is 0 Å². The molecule has 0 N–H and O–H groups in total. The van der Waals surface area contributed by atoms with Crippen molar-refractivity contribution < 1.29 is 14.3 Å². The van der Waals surface area contributed by atoms with Gasteiger partial charge in [0.25, 0.3) is 5.91 Å². The molecule has 27 heavy (non-hydrogen) atoms. The number of amides is 1. The van der Waals surface area contributed by atoms with Crippen LogP contribution < -0.4 is 0 Å². The van der Waals surface area contributed by atoms with Crippen molar-refractivity contribution in [2.24, 2.45) is 5.92 Å². The minimum Gasteiger partial charge on any atom is -0.376 e. The van der Waals surface area contributed by atoms with E-state index in [0.29, 0.717) is 25.4 Å². The maximum atomic E-state index is 13.1. The van der Waals surface area contributed by atoms with Gasteiger partial charge in [-0.05, 0) is 43.9 Å². The first-order valence-corrected chi connectivity index (χ1v) is 9.64. The molecule has 0 aliphatic carbocycles. The van der Waals surface area contributed by atoms with Crippen LogP contribution in [0.25, 0.3) is 0 Å². The van der Waals surface area contributed by atoms with E-state index in [1.54, 1.807) is 0 Å². The Balaban J connectivity index is 1.60. The average molecular weight is 367 g/mol. The van der Waals surface area contributed by atoms with Crippen LogP contribution in [0.15, 0.2) is 60.7 Å². The number of carbonyl (C=O) groups excluding carboxylic acids is 1. The van der Waals surface area contributed by atoms with Crippen LogP contribution in [0.3, 0.4) is 0 Å². The van der Waals surface area contributed by atoms with Gasteiger partial charge in [0.15, 0.2) is 0 Å². The predicted molar refractivity (Wildman–Crippen MR) is 106 cm³/mol. The molecule has 0 bridgehead atoms. The summed E-state index contributed by atoms with van der Waals surface area (Å²) in [4.78, 5) is 15.0. The lowest BCUT2D eigenvalue weighted by Crippen LogP contribution is -2.50. The Morgan fingerprint density at radius 1 is 1.19 bits per heavy atom. The summed E-state index contributed by atoms with van der Waals surface area (Å²) in [6, 6.07) is 19.7. The first kappa shape index (κ1) is 19.6. The van der Waals surface area contributed by atoms with Crippen LogP contribution in [-0.4, -0.2) is 35.8 Å². The fraction of sp³-hybridized carbons (Fsp3) is 0.435. The Labute approximate surface area is 162 Å². The first-order valence-electron chi connectivity index (χ1n) is 9.64. The first-order chi connectivity index (χ1) is 13.0. The molecular formula is C23H29NO3. The molecule has 3 rings (SSSR count). The van der Waals surface area contributed by atoms with Gasteiger partial charge in [-0.25, -0.2) is 0 Å². The van der Waals surface area contributed by atoms with E-state index in [0.717, 1.165) is 6.42 Å². The largest absolute Gasteiger partial charge is 0.376 e. The minimum absolute atomic E-state index is 0.0282. The van der Waals surface area contributed by atoms with E-state index in [1.807, 2.05) is 67.3 Å². The second-order valence-electron chi connectivity index (χ2n) is 7.69. The molecule has 0 spiro atoms. The van der Waals surface area contributed by atoms with Crippen molar-refractivity contribution in [3.8, 4) is 0 Å². The van der Waals surface area contributed by atoms with Gasteiger partial charge in [-0.2, -0.15) is 0 Å². The zero-order valence-corrected chi connectivity index (χ0v) is 16.4. The summed E-state index contributed by atoms with van der Waals surface area (Å²) < 4.78 is 12.0. The molecule has 0 aromatic heterocycles. The van der Waals surface area contributed by atoms with Crippen LogP contribution >= 0.6 is 0 Å². The monoisotopic (exact) mass is 367 g/mol. The summed E-state index contributed by atoms with van der Waals surface area (Å²) >= 11 is 0. The third kappa shape index (κ3) is 4.76. The highest BCUT2D eigenvalue weighted by atomic mass is 16.5. The van der Waals surface area contributed by atoms with E-state index in [2.05, 4.69) is 19.1 Å². The molecule has 2 aromatic rings. The van der Waals surface area contributed by atoms with Gasteiger partial charge in [-0.15, -0.1) is 0 Å². The zero-order valence-electron chi connectivity index (χ0n) is 16.4. The summed E-state index contributed by atoms with van der Waals surface area (Å²) in [7, 11) is 0. The van der Waals surface area contributed by atoms with Gasteiger partial charge < -0.3 is 14.4 Å². The topological polar surface area (TPSA) is 38.8 Å². The lowest BCUT2D eigenvalue weighted by atomic mass is 9.98. The lowest BCUT2D eigenvalue weighted by Gasteiger charge is -2.37. The fourth-order valence-corrected chi connectivity index (χ4v) is 3.86. The third-order valence-electron chi connectivity index (χ3n) is 5.07. The molecule has 1 heterocycles. The summed E-state index contributed by atoms with van der Waals surface area (Å²) in [6.45, 7) is 8.01. The van der Waals surface area contributed by atoms with E-state index >= 15 is 0 Å². The number of ether oxygens (including phenoxy) is 2. The van der Waals surface area contributed by atoms with Gasteiger partial charge in [0.2, 0.25) is 0 Å². The number of benzene rings is 2. The average Bonchev–Trinajstić information content (AvgIpc) is 2.97. The zero-order chi connectivity index (χ0) is 19.3. The number of rotatable bonds is 7. The maximum absolute atomic E-state index is 13.1. The molecule has 2 aromatic carbocycles. The van der Waals surface area contributed by atoms with Gasteiger partial charge in [-0.3, -0.25) is 4.79 Å². The Morgan fingerprint density at radius 3 is 2.48 bits per heavy atom. The molecule has 0 radical (unpaired) electrons. The van der Waals surface area contributed by atoms with Gasteiger partial charge in [-0.1, -0.05) is 55.5 Å². The second-order valence-corrected chi connectivity index (χ2v) is 7.69. The molecule has 4 nitrogen and oxygen atoms in total. The SMILES string of the molecule is C[C@H](COCc1ccccc1)C[C@@]1(C)OC[C@@H](C)N1C(=O)c1ccccc1. The van der Waals surface area contributed by atoms with Gasteiger partial charge in [0.1, 0.15) is 5.72 Å². The van der Waals surface area contributed by atoms with Gasteiger partial charge in [0, 0.05) is 12.2 Å². The third-order valence-corrected chi connectivity index (χ3v) is 5.07. The van der Waals surface area contributed by atoms with E-state index in [4.69, 9.17) is 9.47 Å². The molecule has 1 aliphatic rings. The van der Waals surface area contributed by atoms with Gasteiger partial charge >= 0.3 is 0 Å². The maximum Gasteiger partial charge on any atom is 0.256 e. The highest BCUT2D eigenvalue weighted by Gasteiger charge is 2.45.